The Morgan fingerprint density at radius 2 is 1.93 bits per heavy atom. The predicted molar refractivity (Wildman–Crippen MR) is 104 cm³/mol. The Bertz CT molecular complexity index is 1150. The summed E-state index contributed by atoms with van der Waals surface area (Å²) in [4.78, 5) is 29.2. The lowest BCUT2D eigenvalue weighted by molar-refractivity contribution is 0.474. The molecular formula is C18H22N6O3. The molecule has 9 heteroatoms. The number of rotatable bonds is 5. The van der Waals surface area contributed by atoms with E-state index in [9.17, 15) is 14.7 Å². The number of hydrogen-bond donors (Lipinski definition) is 2. The van der Waals surface area contributed by atoms with E-state index in [4.69, 9.17) is 0 Å². The number of benzene rings is 1. The Labute approximate surface area is 155 Å². The van der Waals surface area contributed by atoms with Gasteiger partial charge in [0.1, 0.15) is 5.75 Å². The molecule has 0 atom stereocenters. The number of hydrogen-bond acceptors (Lipinski definition) is 6. The highest BCUT2D eigenvalue weighted by Gasteiger charge is 2.18. The summed E-state index contributed by atoms with van der Waals surface area (Å²) in [6, 6.07) is 6.88. The molecule has 0 saturated heterocycles. The molecule has 2 aromatic heterocycles. The second-order valence-electron chi connectivity index (χ2n) is 6.29. The van der Waals surface area contributed by atoms with Crippen LogP contribution < -0.4 is 16.7 Å². The van der Waals surface area contributed by atoms with E-state index >= 15 is 0 Å². The van der Waals surface area contributed by atoms with E-state index in [2.05, 4.69) is 15.5 Å². The number of fused-ring (bicyclic) bond motifs is 1. The van der Waals surface area contributed by atoms with E-state index in [1.165, 1.54) is 11.6 Å². The van der Waals surface area contributed by atoms with Crippen molar-refractivity contribution in [2.75, 3.05) is 5.43 Å². The average Bonchev–Trinajstić information content (AvgIpc) is 3.02. The molecule has 142 valence electrons. The van der Waals surface area contributed by atoms with Gasteiger partial charge in [-0.2, -0.15) is 10.1 Å². The minimum atomic E-state index is -0.436. The van der Waals surface area contributed by atoms with Crippen LogP contribution in [0.3, 0.4) is 0 Å². The normalized spacial score (nSPS) is 11.9. The first-order chi connectivity index (χ1) is 12.9. The molecule has 3 rings (SSSR count). The number of phenols is 1. The van der Waals surface area contributed by atoms with Gasteiger partial charge in [-0.15, -0.1) is 0 Å². The van der Waals surface area contributed by atoms with Crippen molar-refractivity contribution in [3.63, 3.8) is 0 Å². The quantitative estimate of drug-likeness (QED) is 0.521. The summed E-state index contributed by atoms with van der Waals surface area (Å²) in [5.41, 5.74) is 3.83. The predicted octanol–water partition coefficient (Wildman–Crippen LogP) is 1.39. The van der Waals surface area contributed by atoms with Gasteiger partial charge >= 0.3 is 5.69 Å². The summed E-state index contributed by atoms with van der Waals surface area (Å²) >= 11 is 0. The van der Waals surface area contributed by atoms with Gasteiger partial charge in [0.15, 0.2) is 11.2 Å². The first-order valence-corrected chi connectivity index (χ1v) is 8.61. The molecule has 0 spiro atoms. The van der Waals surface area contributed by atoms with Gasteiger partial charge in [-0.25, -0.2) is 10.2 Å². The third-order valence-electron chi connectivity index (χ3n) is 4.41. The topological polar surface area (TPSA) is 106 Å². The van der Waals surface area contributed by atoms with Gasteiger partial charge in [-0.3, -0.25) is 13.9 Å². The van der Waals surface area contributed by atoms with Crippen LogP contribution in [0.4, 0.5) is 5.95 Å². The average molecular weight is 370 g/mol. The Morgan fingerprint density at radius 3 is 2.59 bits per heavy atom. The van der Waals surface area contributed by atoms with Crippen LogP contribution in [0.2, 0.25) is 0 Å². The highest BCUT2D eigenvalue weighted by molar-refractivity contribution is 6.01. The number of nitrogens with one attached hydrogen (secondary N) is 1. The molecule has 0 aliphatic rings. The lowest BCUT2D eigenvalue weighted by Gasteiger charge is -2.08. The Morgan fingerprint density at radius 1 is 1.22 bits per heavy atom. The number of aromatic hydroxyl groups is 1. The van der Waals surface area contributed by atoms with Gasteiger partial charge in [0.2, 0.25) is 5.95 Å². The first-order valence-electron chi connectivity index (χ1n) is 8.61. The standard InChI is InChI=1S/C18H22N6O3/c1-5-10-24-14-15(22(3)18(27)23(4)16(14)26)19-17(24)21-20-11(2)12-8-6-7-9-13(12)25/h6-9,25H,5,10H2,1-4H3,(H,19,21)/b20-11+. The molecular weight excluding hydrogens is 348 g/mol. The zero-order valence-electron chi connectivity index (χ0n) is 15.7. The maximum atomic E-state index is 12.6. The summed E-state index contributed by atoms with van der Waals surface area (Å²) in [5, 5.41) is 14.2. The second kappa shape index (κ2) is 7.10. The van der Waals surface area contributed by atoms with E-state index in [1.807, 2.05) is 6.92 Å². The fourth-order valence-corrected chi connectivity index (χ4v) is 2.95. The SMILES string of the molecule is CCCn1c(N/N=C(\C)c2ccccc2O)nc2c1c(=O)n(C)c(=O)n2C. The molecule has 27 heavy (non-hydrogen) atoms. The van der Waals surface area contributed by atoms with Gasteiger partial charge in [0.25, 0.3) is 5.56 Å². The van der Waals surface area contributed by atoms with Crippen LogP contribution in [0.15, 0.2) is 39.0 Å². The smallest absolute Gasteiger partial charge is 0.332 e. The molecule has 0 radical (unpaired) electrons. The maximum Gasteiger partial charge on any atom is 0.332 e. The number of phenolic OH excluding ortho intramolecular Hbond substituents is 1. The zero-order valence-corrected chi connectivity index (χ0v) is 15.7. The molecule has 0 aliphatic carbocycles. The summed E-state index contributed by atoms with van der Waals surface area (Å²) < 4.78 is 4.13. The van der Waals surface area contributed by atoms with Crippen LogP contribution >= 0.6 is 0 Å². The Balaban J connectivity index is 2.13. The molecule has 0 fully saturated rings. The van der Waals surface area contributed by atoms with Crippen LogP contribution in [0.5, 0.6) is 5.75 Å². The zero-order chi connectivity index (χ0) is 19.7. The summed E-state index contributed by atoms with van der Waals surface area (Å²) in [6.07, 6.45) is 0.772. The van der Waals surface area contributed by atoms with Gasteiger partial charge in [-0.05, 0) is 25.5 Å². The maximum absolute atomic E-state index is 12.6. The number of hydrazone groups is 1. The van der Waals surface area contributed by atoms with E-state index in [0.29, 0.717) is 34.9 Å². The summed E-state index contributed by atoms with van der Waals surface area (Å²) in [6.45, 7) is 4.28. The van der Waals surface area contributed by atoms with Crippen molar-refractivity contribution in [1.29, 1.82) is 0 Å². The van der Waals surface area contributed by atoms with Crippen molar-refractivity contribution >= 4 is 22.8 Å². The van der Waals surface area contributed by atoms with Gasteiger partial charge in [0.05, 0.1) is 5.71 Å². The molecule has 0 aliphatic heterocycles. The van der Waals surface area contributed by atoms with Crippen molar-refractivity contribution in [3.8, 4) is 5.75 Å². The minimum Gasteiger partial charge on any atom is -0.507 e. The van der Waals surface area contributed by atoms with Crippen LogP contribution in [0.1, 0.15) is 25.8 Å². The highest BCUT2D eigenvalue weighted by Crippen LogP contribution is 2.19. The summed E-state index contributed by atoms with van der Waals surface area (Å²) in [7, 11) is 3.02. The molecule has 2 heterocycles. The number of aryl methyl sites for hydroxylation is 2. The number of aromatic nitrogens is 4. The monoisotopic (exact) mass is 370 g/mol. The molecule has 0 unspecified atom stereocenters. The van der Waals surface area contributed by atoms with Gasteiger partial charge in [0, 0.05) is 26.2 Å². The van der Waals surface area contributed by atoms with Crippen LogP contribution in [-0.2, 0) is 20.6 Å². The van der Waals surface area contributed by atoms with E-state index in [1.54, 1.807) is 42.8 Å². The van der Waals surface area contributed by atoms with Crippen LogP contribution in [0, 0.1) is 0 Å². The van der Waals surface area contributed by atoms with Crippen molar-refractivity contribution in [3.05, 3.63) is 50.7 Å². The molecule has 0 bridgehead atoms. The highest BCUT2D eigenvalue weighted by atomic mass is 16.3. The lowest BCUT2D eigenvalue weighted by atomic mass is 10.1. The second-order valence-corrected chi connectivity index (χ2v) is 6.29. The largest absolute Gasteiger partial charge is 0.507 e. The molecule has 3 aromatic rings. The van der Waals surface area contributed by atoms with Crippen molar-refractivity contribution in [2.24, 2.45) is 19.2 Å². The molecule has 1 aromatic carbocycles. The van der Waals surface area contributed by atoms with Gasteiger partial charge in [-0.1, -0.05) is 19.1 Å². The van der Waals surface area contributed by atoms with Crippen molar-refractivity contribution in [1.82, 2.24) is 18.7 Å². The fourth-order valence-electron chi connectivity index (χ4n) is 2.95. The number of nitrogens with zero attached hydrogens (tertiary/aromatic N) is 5. The molecule has 9 nitrogen and oxygen atoms in total. The minimum absolute atomic E-state index is 0.124. The third kappa shape index (κ3) is 3.12. The number of imidazole rings is 1. The van der Waals surface area contributed by atoms with Crippen LogP contribution in [0.25, 0.3) is 11.2 Å². The van der Waals surface area contributed by atoms with E-state index in [0.717, 1.165) is 11.0 Å². The Hall–Kier alpha value is -3.36. The molecule has 2 N–H and O–H groups in total. The molecule has 0 amide bonds. The van der Waals surface area contributed by atoms with Crippen molar-refractivity contribution < 1.29 is 5.11 Å². The first kappa shape index (κ1) is 18.4. The van der Waals surface area contributed by atoms with Crippen LogP contribution in [-0.4, -0.2) is 29.5 Å². The number of anilines is 1. The molecule has 0 saturated carbocycles. The fraction of sp³-hybridized carbons (Fsp3) is 0.333. The van der Waals surface area contributed by atoms with E-state index < -0.39 is 11.2 Å². The third-order valence-corrected chi connectivity index (χ3v) is 4.41. The van der Waals surface area contributed by atoms with E-state index in [-0.39, 0.29) is 5.75 Å². The summed E-state index contributed by atoms with van der Waals surface area (Å²) in [5.74, 6) is 0.485. The Kier molecular flexibility index (Phi) is 4.85. The number of para-hydroxylation sites is 1. The van der Waals surface area contributed by atoms with Gasteiger partial charge < -0.3 is 9.67 Å². The lowest BCUT2D eigenvalue weighted by Crippen LogP contribution is -2.37. The van der Waals surface area contributed by atoms with Crippen molar-refractivity contribution in [2.45, 2.75) is 26.8 Å².